The molecule has 0 saturated heterocycles. The van der Waals surface area contributed by atoms with Gasteiger partial charge in [0.2, 0.25) is 11.8 Å². The molecule has 0 spiro atoms. The first-order chi connectivity index (χ1) is 8.59. The summed E-state index contributed by atoms with van der Waals surface area (Å²) in [5, 5.41) is 5.37. The van der Waals surface area contributed by atoms with E-state index in [1.165, 1.54) is 0 Å². The lowest BCUT2D eigenvalue weighted by Gasteiger charge is -2.08. The maximum Gasteiger partial charge on any atom is 0.236 e. The monoisotopic (exact) mass is 285 g/mol. The Balaban J connectivity index is 0.00000324. The molecule has 1 aromatic carbocycles. The largest absolute Gasteiger partial charge is 0.354 e. The van der Waals surface area contributed by atoms with Gasteiger partial charge in [0.05, 0.1) is 6.04 Å². The summed E-state index contributed by atoms with van der Waals surface area (Å²) in [4.78, 5) is 22.6. The molecule has 0 aromatic heterocycles. The van der Waals surface area contributed by atoms with Crippen LogP contribution in [0.5, 0.6) is 0 Å². The molecule has 106 valence electrons. The van der Waals surface area contributed by atoms with Crippen molar-refractivity contribution in [1.82, 2.24) is 10.6 Å². The van der Waals surface area contributed by atoms with Crippen molar-refractivity contribution in [2.24, 2.45) is 5.73 Å². The molecule has 19 heavy (non-hydrogen) atoms. The molecule has 0 radical (unpaired) electrons. The number of carbonyl (C=O) groups is 2. The zero-order chi connectivity index (χ0) is 13.4. The van der Waals surface area contributed by atoms with E-state index in [2.05, 4.69) is 10.6 Å². The van der Waals surface area contributed by atoms with Crippen molar-refractivity contribution in [3.05, 3.63) is 35.9 Å². The Morgan fingerprint density at radius 1 is 1.21 bits per heavy atom. The fourth-order valence-corrected chi connectivity index (χ4v) is 1.35. The highest BCUT2D eigenvalue weighted by atomic mass is 35.5. The first-order valence-corrected chi connectivity index (χ1v) is 5.93. The van der Waals surface area contributed by atoms with Crippen LogP contribution in [0.4, 0.5) is 0 Å². The van der Waals surface area contributed by atoms with Gasteiger partial charge in [0, 0.05) is 19.5 Å². The molecular weight excluding hydrogens is 266 g/mol. The third-order valence-corrected chi connectivity index (χ3v) is 2.40. The molecule has 0 unspecified atom stereocenters. The molecule has 0 aliphatic heterocycles. The molecular formula is C13H20ClN3O2. The predicted molar refractivity (Wildman–Crippen MR) is 76.8 cm³/mol. The number of hydrogen-bond donors (Lipinski definition) is 3. The minimum Gasteiger partial charge on any atom is -0.354 e. The van der Waals surface area contributed by atoms with Crippen LogP contribution in [0.2, 0.25) is 0 Å². The van der Waals surface area contributed by atoms with Crippen LogP contribution >= 0.6 is 12.4 Å². The summed E-state index contributed by atoms with van der Waals surface area (Å²) in [6.07, 6.45) is 0.255. The first kappa shape index (κ1) is 17.4. The Kier molecular flexibility index (Phi) is 8.57. The van der Waals surface area contributed by atoms with Gasteiger partial charge in [0.25, 0.3) is 0 Å². The van der Waals surface area contributed by atoms with E-state index in [0.29, 0.717) is 13.1 Å². The summed E-state index contributed by atoms with van der Waals surface area (Å²) in [6, 6.07) is 9.11. The molecule has 0 saturated carbocycles. The summed E-state index contributed by atoms with van der Waals surface area (Å²) >= 11 is 0. The third-order valence-electron chi connectivity index (χ3n) is 2.40. The van der Waals surface area contributed by atoms with Crippen LogP contribution in [0, 0.1) is 0 Å². The Morgan fingerprint density at radius 3 is 2.42 bits per heavy atom. The second-order valence-electron chi connectivity index (χ2n) is 4.09. The molecule has 0 aliphatic rings. The molecule has 5 nitrogen and oxygen atoms in total. The lowest BCUT2D eigenvalue weighted by atomic mass is 10.2. The SMILES string of the molecule is C[C@H](N)C(=O)NCCC(=O)NCc1ccccc1.Cl. The fraction of sp³-hybridized carbons (Fsp3) is 0.385. The smallest absolute Gasteiger partial charge is 0.236 e. The van der Waals surface area contributed by atoms with Crippen molar-refractivity contribution in [3.8, 4) is 0 Å². The maximum atomic E-state index is 11.5. The van der Waals surface area contributed by atoms with E-state index in [1.54, 1.807) is 6.92 Å². The van der Waals surface area contributed by atoms with E-state index in [1.807, 2.05) is 30.3 Å². The van der Waals surface area contributed by atoms with Gasteiger partial charge in [-0.25, -0.2) is 0 Å². The van der Waals surface area contributed by atoms with E-state index in [9.17, 15) is 9.59 Å². The van der Waals surface area contributed by atoms with Gasteiger partial charge in [0.15, 0.2) is 0 Å². The van der Waals surface area contributed by atoms with Gasteiger partial charge in [-0.1, -0.05) is 30.3 Å². The third kappa shape index (κ3) is 7.43. The van der Waals surface area contributed by atoms with Crippen molar-refractivity contribution in [1.29, 1.82) is 0 Å². The van der Waals surface area contributed by atoms with Crippen LogP contribution in [0.3, 0.4) is 0 Å². The van der Waals surface area contributed by atoms with Gasteiger partial charge in [0.1, 0.15) is 0 Å². The maximum absolute atomic E-state index is 11.5. The van der Waals surface area contributed by atoms with Gasteiger partial charge in [-0.05, 0) is 12.5 Å². The minimum absolute atomic E-state index is 0. The number of hydrogen-bond acceptors (Lipinski definition) is 3. The molecule has 6 heteroatoms. The standard InChI is InChI=1S/C13H19N3O2.ClH/c1-10(14)13(18)15-8-7-12(17)16-9-11-5-3-2-4-6-11;/h2-6,10H,7-9,14H2,1H3,(H,15,18)(H,16,17);1H/t10-;/m0./s1. The molecule has 0 heterocycles. The van der Waals surface area contributed by atoms with Gasteiger partial charge in [-0.3, -0.25) is 9.59 Å². The van der Waals surface area contributed by atoms with E-state index in [-0.39, 0.29) is 30.6 Å². The fourth-order valence-electron chi connectivity index (χ4n) is 1.35. The predicted octanol–water partition coefficient (Wildman–Crippen LogP) is 0.578. The van der Waals surface area contributed by atoms with E-state index >= 15 is 0 Å². The van der Waals surface area contributed by atoms with E-state index < -0.39 is 6.04 Å². The van der Waals surface area contributed by atoms with Crippen molar-refractivity contribution in [2.45, 2.75) is 25.9 Å². The molecule has 2 amide bonds. The average Bonchev–Trinajstić information content (AvgIpc) is 2.37. The molecule has 4 N–H and O–H groups in total. The number of benzene rings is 1. The molecule has 1 aromatic rings. The minimum atomic E-state index is -0.544. The van der Waals surface area contributed by atoms with Crippen LogP contribution in [-0.2, 0) is 16.1 Å². The van der Waals surface area contributed by atoms with Crippen molar-refractivity contribution in [2.75, 3.05) is 6.54 Å². The van der Waals surface area contributed by atoms with E-state index in [4.69, 9.17) is 5.73 Å². The molecule has 0 bridgehead atoms. The van der Waals surface area contributed by atoms with Gasteiger partial charge >= 0.3 is 0 Å². The number of nitrogens with two attached hydrogens (primary N) is 1. The lowest BCUT2D eigenvalue weighted by Crippen LogP contribution is -2.39. The second-order valence-corrected chi connectivity index (χ2v) is 4.09. The molecule has 0 fully saturated rings. The zero-order valence-electron chi connectivity index (χ0n) is 10.9. The van der Waals surface area contributed by atoms with Crippen molar-refractivity contribution < 1.29 is 9.59 Å². The summed E-state index contributed by atoms with van der Waals surface area (Å²) < 4.78 is 0. The van der Waals surface area contributed by atoms with Crippen LogP contribution < -0.4 is 16.4 Å². The van der Waals surface area contributed by atoms with Crippen molar-refractivity contribution >= 4 is 24.2 Å². The second kappa shape index (κ2) is 9.35. The Hall–Kier alpha value is -1.59. The topological polar surface area (TPSA) is 84.2 Å². The van der Waals surface area contributed by atoms with E-state index in [0.717, 1.165) is 5.56 Å². The van der Waals surface area contributed by atoms with Gasteiger partial charge in [-0.15, -0.1) is 12.4 Å². The Labute approximate surface area is 119 Å². The van der Waals surface area contributed by atoms with Gasteiger partial charge in [-0.2, -0.15) is 0 Å². The lowest BCUT2D eigenvalue weighted by molar-refractivity contribution is -0.122. The summed E-state index contributed by atoms with van der Waals surface area (Å²) in [5.74, 6) is -0.338. The Morgan fingerprint density at radius 2 is 1.84 bits per heavy atom. The summed E-state index contributed by atoms with van der Waals surface area (Å²) in [6.45, 7) is 2.41. The quantitative estimate of drug-likeness (QED) is 0.715. The highest BCUT2D eigenvalue weighted by Gasteiger charge is 2.07. The molecule has 1 rings (SSSR count). The summed E-state index contributed by atoms with van der Waals surface area (Å²) in [5.41, 5.74) is 6.42. The zero-order valence-corrected chi connectivity index (χ0v) is 11.7. The number of amides is 2. The molecule has 1 atom stereocenters. The van der Waals surface area contributed by atoms with Crippen LogP contribution in [0.25, 0.3) is 0 Å². The number of nitrogens with one attached hydrogen (secondary N) is 2. The molecule has 0 aliphatic carbocycles. The first-order valence-electron chi connectivity index (χ1n) is 5.93. The number of rotatable bonds is 6. The van der Waals surface area contributed by atoms with Crippen LogP contribution in [0.15, 0.2) is 30.3 Å². The van der Waals surface area contributed by atoms with Gasteiger partial charge < -0.3 is 16.4 Å². The van der Waals surface area contributed by atoms with Crippen LogP contribution in [-0.4, -0.2) is 24.4 Å². The Bertz CT molecular complexity index is 396. The highest BCUT2D eigenvalue weighted by Crippen LogP contribution is 1.97. The normalized spacial score (nSPS) is 11.1. The van der Waals surface area contributed by atoms with Crippen LogP contribution in [0.1, 0.15) is 18.9 Å². The number of carbonyl (C=O) groups excluding carboxylic acids is 2. The number of halogens is 1. The summed E-state index contributed by atoms with van der Waals surface area (Å²) in [7, 11) is 0. The van der Waals surface area contributed by atoms with Crippen molar-refractivity contribution in [3.63, 3.8) is 0 Å². The highest BCUT2D eigenvalue weighted by molar-refractivity contribution is 5.85. The average molecular weight is 286 g/mol.